The number of rotatable bonds is 7. The number of hydrogen-bond acceptors (Lipinski definition) is 9. The maximum absolute atomic E-state index is 14.0. The van der Waals surface area contributed by atoms with E-state index < -0.39 is 11.7 Å². The number of nitrogens with zero attached hydrogens (tertiary/aromatic N) is 4. The van der Waals surface area contributed by atoms with Gasteiger partial charge in [0.25, 0.3) is 0 Å². The van der Waals surface area contributed by atoms with Crippen molar-refractivity contribution in [2.45, 2.75) is 42.9 Å². The van der Waals surface area contributed by atoms with Crippen molar-refractivity contribution in [1.29, 1.82) is 5.26 Å². The average molecular weight is 640 g/mol. The van der Waals surface area contributed by atoms with Crippen LogP contribution in [-0.2, 0) is 16.0 Å². The molecule has 1 atom stereocenters. The van der Waals surface area contributed by atoms with Crippen LogP contribution in [0.25, 0.3) is 0 Å². The molecule has 1 aliphatic heterocycles. The van der Waals surface area contributed by atoms with Crippen molar-refractivity contribution in [2.24, 2.45) is 5.73 Å². The maximum Gasteiger partial charge on any atom is 0.234 e. The predicted octanol–water partition coefficient (Wildman–Crippen LogP) is 6.04. The van der Waals surface area contributed by atoms with Crippen molar-refractivity contribution < 1.29 is 14.0 Å². The number of aromatic nitrogens is 2. The summed E-state index contributed by atoms with van der Waals surface area (Å²) in [5, 5.41) is 21.9. The summed E-state index contributed by atoms with van der Waals surface area (Å²) < 4.78 is 14.8. The fraction of sp³-hybridized carbons (Fsp3) is 0.250. The summed E-state index contributed by atoms with van der Waals surface area (Å²) in [7, 11) is 0. The van der Waals surface area contributed by atoms with Crippen LogP contribution in [0.5, 0.6) is 0 Å². The molecule has 3 N–H and O–H groups in total. The standard InChI is InChI=1S/C28H24BrFN6O2S2/c1-2-15-6-9-17(10-7-15)33-23(38)14-39-28-35-34-27(40-28)36-21-4-3-5-22(37)25(21)24(18(13-31)26(36)32)16-8-11-20(30)19(29)12-16/h6-12,24H,2-5,14,32H2,1H3,(H,33,38). The number of thioether (sulfide) groups is 1. The Labute approximate surface area is 247 Å². The van der Waals surface area contributed by atoms with Gasteiger partial charge < -0.3 is 11.1 Å². The molecule has 2 aromatic carbocycles. The Balaban J connectivity index is 1.40. The Morgan fingerprint density at radius 1 is 1.27 bits per heavy atom. The predicted molar refractivity (Wildman–Crippen MR) is 157 cm³/mol. The number of nitrogens with two attached hydrogens (primary N) is 1. The molecule has 0 saturated heterocycles. The quantitative estimate of drug-likeness (QED) is 0.300. The van der Waals surface area contributed by atoms with E-state index in [1.807, 2.05) is 24.3 Å². The first-order valence-electron chi connectivity index (χ1n) is 12.6. The van der Waals surface area contributed by atoms with E-state index in [-0.39, 0.29) is 33.3 Å². The molecule has 0 saturated carbocycles. The Kier molecular flexibility index (Phi) is 8.35. The summed E-state index contributed by atoms with van der Waals surface area (Å²) >= 11 is 5.68. The number of allylic oxidation sites excluding steroid dienone is 3. The molecule has 2 aliphatic rings. The van der Waals surface area contributed by atoms with Crippen LogP contribution in [0.1, 0.15) is 43.2 Å². The number of aryl methyl sites for hydroxylation is 1. The number of benzene rings is 2. The monoisotopic (exact) mass is 638 g/mol. The van der Waals surface area contributed by atoms with E-state index >= 15 is 0 Å². The summed E-state index contributed by atoms with van der Waals surface area (Å²) in [6, 6.07) is 14.3. The zero-order chi connectivity index (χ0) is 28.4. The van der Waals surface area contributed by atoms with Gasteiger partial charge in [0.2, 0.25) is 11.0 Å². The van der Waals surface area contributed by atoms with Gasteiger partial charge in [0.15, 0.2) is 10.1 Å². The van der Waals surface area contributed by atoms with Crippen molar-refractivity contribution in [3.8, 4) is 6.07 Å². The topological polar surface area (TPSA) is 125 Å². The minimum atomic E-state index is -0.710. The van der Waals surface area contributed by atoms with Crippen molar-refractivity contribution in [2.75, 3.05) is 16.0 Å². The second kappa shape index (κ2) is 11.9. The Morgan fingerprint density at radius 2 is 2.05 bits per heavy atom. The first kappa shape index (κ1) is 28.0. The summed E-state index contributed by atoms with van der Waals surface area (Å²) in [5.74, 6) is -1.12. The number of carbonyl (C=O) groups excluding carboxylic acids is 2. The van der Waals surface area contributed by atoms with Gasteiger partial charge in [-0.3, -0.25) is 14.5 Å². The molecule has 1 aliphatic carbocycles. The lowest BCUT2D eigenvalue weighted by Gasteiger charge is -2.38. The number of nitriles is 1. The SMILES string of the molecule is CCc1ccc(NC(=O)CSc2nnc(N3C(N)=C(C#N)C(c4ccc(F)c(Br)c4)C4=C3CCCC4=O)s2)cc1. The Hall–Kier alpha value is -3.53. The Morgan fingerprint density at radius 3 is 2.75 bits per heavy atom. The molecule has 12 heteroatoms. The van der Waals surface area contributed by atoms with Crippen LogP contribution < -0.4 is 16.0 Å². The van der Waals surface area contributed by atoms with Gasteiger partial charge >= 0.3 is 0 Å². The van der Waals surface area contributed by atoms with Gasteiger partial charge in [0.05, 0.1) is 27.8 Å². The number of Topliss-reactive ketones (excluding diaryl/α,β-unsaturated/α-hetero) is 1. The van der Waals surface area contributed by atoms with E-state index in [1.165, 1.54) is 34.7 Å². The second-order valence-electron chi connectivity index (χ2n) is 9.23. The van der Waals surface area contributed by atoms with E-state index in [4.69, 9.17) is 5.73 Å². The number of halogens is 2. The third-order valence-electron chi connectivity index (χ3n) is 6.75. The van der Waals surface area contributed by atoms with Crippen LogP contribution in [0.4, 0.5) is 15.2 Å². The average Bonchev–Trinajstić information content (AvgIpc) is 3.42. The number of hydrogen-bond donors (Lipinski definition) is 2. The normalized spacial score (nSPS) is 17.1. The van der Waals surface area contributed by atoms with E-state index in [9.17, 15) is 19.2 Å². The summed E-state index contributed by atoms with van der Waals surface area (Å²) in [5.41, 5.74) is 10.4. The van der Waals surface area contributed by atoms with Crippen molar-refractivity contribution in [3.63, 3.8) is 0 Å². The molecule has 8 nitrogen and oxygen atoms in total. The zero-order valence-corrected chi connectivity index (χ0v) is 24.6. The highest BCUT2D eigenvalue weighted by molar-refractivity contribution is 9.10. The molecule has 40 heavy (non-hydrogen) atoms. The number of amides is 1. The van der Waals surface area contributed by atoms with Crippen LogP contribution in [0.3, 0.4) is 0 Å². The van der Waals surface area contributed by atoms with Crippen LogP contribution in [0.15, 0.2) is 73.9 Å². The molecule has 3 aromatic rings. The Bertz CT molecular complexity index is 1590. The molecule has 204 valence electrons. The molecule has 0 fully saturated rings. The molecule has 1 amide bonds. The first-order chi connectivity index (χ1) is 19.3. The summed E-state index contributed by atoms with van der Waals surface area (Å²) in [4.78, 5) is 27.4. The first-order valence-corrected chi connectivity index (χ1v) is 15.2. The molecular formula is C28H24BrFN6O2S2. The lowest BCUT2D eigenvalue weighted by atomic mass is 9.76. The highest BCUT2D eigenvalue weighted by Crippen LogP contribution is 2.47. The minimum Gasteiger partial charge on any atom is -0.384 e. The van der Waals surface area contributed by atoms with Gasteiger partial charge in [-0.15, -0.1) is 10.2 Å². The van der Waals surface area contributed by atoms with Gasteiger partial charge in [-0.1, -0.05) is 48.2 Å². The smallest absolute Gasteiger partial charge is 0.234 e. The maximum atomic E-state index is 14.0. The van der Waals surface area contributed by atoms with Crippen molar-refractivity contribution in [1.82, 2.24) is 10.2 Å². The van der Waals surface area contributed by atoms with Crippen molar-refractivity contribution in [3.05, 3.63) is 86.5 Å². The molecule has 1 aromatic heterocycles. The van der Waals surface area contributed by atoms with E-state index in [0.717, 1.165) is 12.1 Å². The largest absolute Gasteiger partial charge is 0.384 e. The fourth-order valence-corrected chi connectivity index (χ4v) is 6.91. The third-order valence-corrected chi connectivity index (χ3v) is 9.40. The minimum absolute atomic E-state index is 0.0836. The number of nitrogens with one attached hydrogen (secondary N) is 1. The summed E-state index contributed by atoms with van der Waals surface area (Å²) in [6.07, 6.45) is 2.45. The van der Waals surface area contributed by atoms with Crippen LogP contribution in [0, 0.1) is 17.1 Å². The zero-order valence-electron chi connectivity index (χ0n) is 21.4. The highest BCUT2D eigenvalue weighted by atomic mass is 79.9. The van der Waals surface area contributed by atoms with Crippen LogP contribution in [-0.4, -0.2) is 27.6 Å². The van der Waals surface area contributed by atoms with Crippen molar-refractivity contribution >= 4 is 61.5 Å². The lowest BCUT2D eigenvalue weighted by Crippen LogP contribution is -2.38. The van der Waals surface area contributed by atoms with Crippen LogP contribution in [0.2, 0.25) is 0 Å². The van der Waals surface area contributed by atoms with Crippen LogP contribution >= 0.6 is 39.0 Å². The molecule has 5 rings (SSSR count). The fourth-order valence-electron chi connectivity index (χ4n) is 4.83. The third kappa shape index (κ3) is 5.54. The van der Waals surface area contributed by atoms with Gasteiger partial charge in [0, 0.05) is 23.4 Å². The molecule has 0 spiro atoms. The van der Waals surface area contributed by atoms with Gasteiger partial charge in [-0.25, -0.2) is 4.39 Å². The van der Waals surface area contributed by atoms with Gasteiger partial charge in [-0.05, 0) is 70.6 Å². The summed E-state index contributed by atoms with van der Waals surface area (Å²) in [6.45, 7) is 2.07. The number of ketones is 1. The van der Waals surface area contributed by atoms with E-state index in [1.54, 1.807) is 17.0 Å². The molecule has 0 bridgehead atoms. The van der Waals surface area contributed by atoms with Gasteiger partial charge in [0.1, 0.15) is 11.6 Å². The van der Waals surface area contributed by atoms with E-state index in [2.05, 4.69) is 44.4 Å². The number of carbonyl (C=O) groups is 2. The van der Waals surface area contributed by atoms with E-state index in [0.29, 0.717) is 45.6 Å². The highest BCUT2D eigenvalue weighted by Gasteiger charge is 2.41. The lowest BCUT2D eigenvalue weighted by molar-refractivity contribution is -0.116. The molecule has 2 heterocycles. The number of anilines is 2. The van der Waals surface area contributed by atoms with Gasteiger partial charge in [-0.2, -0.15) is 5.26 Å². The molecule has 0 radical (unpaired) electrons. The second-order valence-corrected chi connectivity index (χ2v) is 12.3. The molecular weight excluding hydrogens is 615 g/mol. The molecule has 1 unspecified atom stereocenters.